The number of sulfonamides is 1. The van der Waals surface area contributed by atoms with Gasteiger partial charge in [0.05, 0.1) is 11.9 Å². The summed E-state index contributed by atoms with van der Waals surface area (Å²) in [6.07, 6.45) is 1.32. The van der Waals surface area contributed by atoms with Crippen molar-refractivity contribution in [1.29, 1.82) is 0 Å². The van der Waals surface area contributed by atoms with Gasteiger partial charge in [0.1, 0.15) is 18.4 Å². The molecule has 7 nitrogen and oxygen atoms in total. The van der Waals surface area contributed by atoms with Gasteiger partial charge in [-0.1, -0.05) is 36.7 Å². The molecule has 0 aliphatic heterocycles. The molecule has 1 atom stereocenters. The predicted octanol–water partition coefficient (Wildman–Crippen LogP) is 3.50. The molecule has 33 heavy (non-hydrogen) atoms. The molecule has 0 spiro atoms. The Bertz CT molecular complexity index is 1090. The average Bonchev–Trinajstić information content (AvgIpc) is 2.75. The molecule has 0 unspecified atom stereocenters. The zero-order valence-electron chi connectivity index (χ0n) is 19.1. The number of anilines is 1. The summed E-state index contributed by atoms with van der Waals surface area (Å²) in [5.41, 5.74) is 1.40. The van der Waals surface area contributed by atoms with Gasteiger partial charge < -0.3 is 10.2 Å². The van der Waals surface area contributed by atoms with Crippen molar-refractivity contribution < 1.29 is 22.4 Å². The van der Waals surface area contributed by atoms with E-state index in [1.807, 2.05) is 0 Å². The number of rotatable bonds is 10. The highest BCUT2D eigenvalue weighted by atomic mass is 35.5. The van der Waals surface area contributed by atoms with E-state index in [-0.39, 0.29) is 18.1 Å². The second kappa shape index (κ2) is 11.5. The first-order chi connectivity index (χ1) is 15.5. The van der Waals surface area contributed by atoms with Crippen LogP contribution in [0.2, 0.25) is 5.02 Å². The highest BCUT2D eigenvalue weighted by molar-refractivity contribution is 7.92. The Balaban J connectivity index is 2.47. The Morgan fingerprint density at radius 3 is 2.30 bits per heavy atom. The molecule has 0 radical (unpaired) electrons. The largest absolute Gasteiger partial charge is 0.355 e. The third kappa shape index (κ3) is 6.91. The molecule has 0 fully saturated rings. The molecule has 180 valence electrons. The van der Waals surface area contributed by atoms with Gasteiger partial charge in [0.15, 0.2) is 0 Å². The summed E-state index contributed by atoms with van der Waals surface area (Å²) in [6, 6.07) is 9.56. The number of benzene rings is 2. The molecule has 0 saturated carbocycles. The number of nitrogens with zero attached hydrogens (tertiary/aromatic N) is 2. The molecule has 0 saturated heterocycles. The summed E-state index contributed by atoms with van der Waals surface area (Å²) in [4.78, 5) is 27.5. The van der Waals surface area contributed by atoms with E-state index in [2.05, 4.69) is 5.32 Å². The Labute approximate surface area is 199 Å². The van der Waals surface area contributed by atoms with Gasteiger partial charge in [0.25, 0.3) is 0 Å². The van der Waals surface area contributed by atoms with Gasteiger partial charge in [-0.25, -0.2) is 12.8 Å². The molecule has 2 amide bonds. The molecule has 0 aromatic heterocycles. The molecule has 10 heteroatoms. The number of halogens is 2. The number of hydrogen-bond donors (Lipinski definition) is 1. The number of nitrogens with one attached hydrogen (secondary N) is 1. The van der Waals surface area contributed by atoms with E-state index in [9.17, 15) is 22.4 Å². The third-order valence-corrected chi connectivity index (χ3v) is 6.73. The minimum Gasteiger partial charge on any atom is -0.355 e. The summed E-state index contributed by atoms with van der Waals surface area (Å²) in [5, 5.41) is 3.08. The van der Waals surface area contributed by atoms with Crippen LogP contribution in [0.3, 0.4) is 0 Å². The van der Waals surface area contributed by atoms with Crippen LogP contribution in [0, 0.1) is 12.7 Å². The van der Waals surface area contributed by atoms with Gasteiger partial charge in [-0.3, -0.25) is 13.9 Å². The van der Waals surface area contributed by atoms with E-state index in [4.69, 9.17) is 11.6 Å². The smallest absolute Gasteiger partial charge is 0.244 e. The number of likely N-dealkylation sites (N-methyl/N-ethyl adjacent to an activating group) is 1. The quantitative estimate of drug-likeness (QED) is 0.544. The van der Waals surface area contributed by atoms with Crippen molar-refractivity contribution in [2.24, 2.45) is 0 Å². The van der Waals surface area contributed by atoms with Crippen LogP contribution in [0.4, 0.5) is 10.1 Å². The Kier molecular flexibility index (Phi) is 9.25. The lowest BCUT2D eigenvalue weighted by Crippen LogP contribution is -2.52. The van der Waals surface area contributed by atoms with Gasteiger partial charge in [-0.05, 0) is 55.7 Å². The summed E-state index contributed by atoms with van der Waals surface area (Å²) < 4.78 is 39.6. The molecule has 1 N–H and O–H groups in total. The molecule has 0 aliphatic carbocycles. The highest BCUT2D eigenvalue weighted by Crippen LogP contribution is 2.28. The SMILES string of the molecule is CCNC(=O)[C@@H](CC)N(Cc1ccc(F)cc1)C(=O)CN(c1cccc(Cl)c1C)S(C)(=O)=O. The van der Waals surface area contributed by atoms with Crippen molar-refractivity contribution in [1.82, 2.24) is 10.2 Å². The van der Waals surface area contributed by atoms with Crippen LogP contribution in [-0.2, 0) is 26.2 Å². The molecule has 2 rings (SSSR count). The molecule has 0 bridgehead atoms. The zero-order chi connectivity index (χ0) is 24.8. The maximum Gasteiger partial charge on any atom is 0.244 e. The molecular weight excluding hydrogens is 469 g/mol. The number of carbonyl (C=O) groups is 2. The van der Waals surface area contributed by atoms with Crippen LogP contribution >= 0.6 is 11.6 Å². The van der Waals surface area contributed by atoms with Gasteiger partial charge >= 0.3 is 0 Å². The molecular formula is C23H29ClFN3O4S. The molecule has 0 heterocycles. The monoisotopic (exact) mass is 497 g/mol. The van der Waals surface area contributed by atoms with E-state index in [1.165, 1.54) is 29.2 Å². The lowest BCUT2D eigenvalue weighted by atomic mass is 10.1. The fourth-order valence-electron chi connectivity index (χ4n) is 3.46. The van der Waals surface area contributed by atoms with Crippen LogP contribution in [0.25, 0.3) is 0 Å². The van der Waals surface area contributed by atoms with Crippen molar-refractivity contribution in [2.45, 2.75) is 39.8 Å². The first kappa shape index (κ1) is 26.6. The summed E-state index contributed by atoms with van der Waals surface area (Å²) in [5.74, 6) is -1.34. The predicted molar refractivity (Wildman–Crippen MR) is 128 cm³/mol. The minimum absolute atomic E-state index is 0.0148. The summed E-state index contributed by atoms with van der Waals surface area (Å²) in [7, 11) is -3.85. The number of hydrogen-bond acceptors (Lipinski definition) is 4. The van der Waals surface area contributed by atoms with Crippen molar-refractivity contribution >= 4 is 39.1 Å². The maximum absolute atomic E-state index is 13.5. The topological polar surface area (TPSA) is 86.8 Å². The highest BCUT2D eigenvalue weighted by Gasteiger charge is 2.32. The first-order valence-electron chi connectivity index (χ1n) is 10.5. The van der Waals surface area contributed by atoms with Crippen LogP contribution in [0.15, 0.2) is 42.5 Å². The minimum atomic E-state index is -3.85. The normalized spacial score (nSPS) is 12.2. The van der Waals surface area contributed by atoms with E-state index in [0.29, 0.717) is 29.1 Å². The third-order valence-electron chi connectivity index (χ3n) is 5.19. The molecule has 0 aliphatic rings. The van der Waals surface area contributed by atoms with Crippen LogP contribution < -0.4 is 9.62 Å². The van der Waals surface area contributed by atoms with Crippen molar-refractivity contribution in [3.05, 3.63) is 64.4 Å². The fourth-order valence-corrected chi connectivity index (χ4v) is 4.53. The van der Waals surface area contributed by atoms with E-state index < -0.39 is 34.3 Å². The second-order valence-electron chi connectivity index (χ2n) is 7.62. The molecule has 2 aromatic carbocycles. The van der Waals surface area contributed by atoms with E-state index >= 15 is 0 Å². The van der Waals surface area contributed by atoms with Gasteiger partial charge in [0, 0.05) is 18.1 Å². The lowest BCUT2D eigenvalue weighted by molar-refractivity contribution is -0.140. The van der Waals surface area contributed by atoms with Crippen molar-refractivity contribution in [3.8, 4) is 0 Å². The van der Waals surface area contributed by atoms with Gasteiger partial charge in [-0.2, -0.15) is 0 Å². The fraction of sp³-hybridized carbons (Fsp3) is 0.391. The number of amides is 2. The first-order valence-corrected chi connectivity index (χ1v) is 12.8. The standard InChI is InChI=1S/C23H29ClFN3O4S/c1-5-20(23(30)26-6-2)27(14-17-10-12-18(25)13-11-17)22(29)15-28(33(4,31)32)21-9-7-8-19(24)16(21)3/h7-13,20H,5-6,14-15H2,1-4H3,(H,26,30)/t20-/m1/s1. The Hall–Kier alpha value is -2.65. The molecule has 2 aromatic rings. The lowest BCUT2D eigenvalue weighted by Gasteiger charge is -2.33. The summed E-state index contributed by atoms with van der Waals surface area (Å²) >= 11 is 6.18. The van der Waals surface area contributed by atoms with E-state index in [1.54, 1.807) is 39.0 Å². The van der Waals surface area contributed by atoms with Crippen molar-refractivity contribution in [3.63, 3.8) is 0 Å². The zero-order valence-corrected chi connectivity index (χ0v) is 20.7. The van der Waals surface area contributed by atoms with Crippen LogP contribution in [-0.4, -0.2) is 50.5 Å². The van der Waals surface area contributed by atoms with Gasteiger partial charge in [-0.15, -0.1) is 0 Å². The van der Waals surface area contributed by atoms with Crippen LogP contribution in [0.5, 0.6) is 0 Å². The summed E-state index contributed by atoms with van der Waals surface area (Å²) in [6.45, 7) is 5.08. The number of carbonyl (C=O) groups excluding carboxylic acids is 2. The van der Waals surface area contributed by atoms with E-state index in [0.717, 1.165) is 10.6 Å². The van der Waals surface area contributed by atoms with Crippen LogP contribution in [0.1, 0.15) is 31.4 Å². The maximum atomic E-state index is 13.5. The average molecular weight is 498 g/mol. The van der Waals surface area contributed by atoms with Gasteiger partial charge in [0.2, 0.25) is 21.8 Å². The second-order valence-corrected chi connectivity index (χ2v) is 9.93. The Morgan fingerprint density at radius 2 is 1.76 bits per heavy atom. The van der Waals surface area contributed by atoms with Crippen molar-refractivity contribution in [2.75, 3.05) is 23.7 Å². The Morgan fingerprint density at radius 1 is 1.12 bits per heavy atom.